The summed E-state index contributed by atoms with van der Waals surface area (Å²) in [5, 5.41) is 3.64. The smallest absolute Gasteiger partial charge is 0.0934 e. The zero-order valence-corrected chi connectivity index (χ0v) is 13.4. The number of thiophene rings is 1. The van der Waals surface area contributed by atoms with Gasteiger partial charge in [0.1, 0.15) is 0 Å². The Bertz CT molecular complexity index is 573. The van der Waals surface area contributed by atoms with Crippen LogP contribution >= 0.6 is 22.9 Å². The first-order valence-electron chi connectivity index (χ1n) is 7.40. The van der Waals surface area contributed by atoms with Crippen LogP contribution in [0, 0.1) is 0 Å². The lowest BCUT2D eigenvalue weighted by molar-refractivity contribution is 0.762. The number of aryl methyl sites for hydroxylation is 2. The fourth-order valence-corrected chi connectivity index (χ4v) is 4.19. The van der Waals surface area contributed by atoms with Gasteiger partial charge in [-0.05, 0) is 55.0 Å². The van der Waals surface area contributed by atoms with E-state index in [1.54, 1.807) is 11.3 Å². The molecule has 0 saturated carbocycles. The largest absolute Gasteiger partial charge is 0.378 e. The third-order valence-electron chi connectivity index (χ3n) is 3.96. The van der Waals surface area contributed by atoms with Crippen LogP contribution in [-0.2, 0) is 12.8 Å². The molecule has 1 aromatic carbocycles. The lowest BCUT2D eigenvalue weighted by atomic mass is 10.1. The van der Waals surface area contributed by atoms with Crippen molar-refractivity contribution in [2.45, 2.75) is 45.1 Å². The molecule has 1 atom stereocenters. The predicted molar refractivity (Wildman–Crippen MR) is 89.1 cm³/mol. The Morgan fingerprint density at radius 1 is 1.30 bits per heavy atom. The summed E-state index contributed by atoms with van der Waals surface area (Å²) in [5.41, 5.74) is 4.04. The van der Waals surface area contributed by atoms with Gasteiger partial charge in [0.25, 0.3) is 0 Å². The zero-order valence-electron chi connectivity index (χ0n) is 11.8. The lowest BCUT2D eigenvalue weighted by Gasteiger charge is -2.15. The molecule has 1 unspecified atom stereocenters. The number of rotatable bonds is 5. The molecule has 0 bridgehead atoms. The Hall–Kier alpha value is -0.990. The maximum absolute atomic E-state index is 6.11. The van der Waals surface area contributed by atoms with Crippen molar-refractivity contribution in [1.29, 1.82) is 0 Å². The van der Waals surface area contributed by atoms with E-state index in [2.05, 4.69) is 42.6 Å². The molecule has 0 fully saturated rings. The lowest BCUT2D eigenvalue weighted by Crippen LogP contribution is -2.06. The van der Waals surface area contributed by atoms with E-state index in [4.69, 9.17) is 11.6 Å². The van der Waals surface area contributed by atoms with Crippen molar-refractivity contribution in [1.82, 2.24) is 0 Å². The van der Waals surface area contributed by atoms with Crippen LogP contribution in [0.2, 0.25) is 4.34 Å². The van der Waals surface area contributed by atoms with Gasteiger partial charge in [0.15, 0.2) is 0 Å². The molecule has 106 valence electrons. The highest BCUT2D eigenvalue weighted by Crippen LogP contribution is 2.40. The second kappa shape index (κ2) is 6.19. The Balaban J connectivity index is 1.66. The first-order chi connectivity index (χ1) is 9.76. The number of halogens is 1. The van der Waals surface area contributed by atoms with Gasteiger partial charge < -0.3 is 5.32 Å². The molecule has 3 heteroatoms. The van der Waals surface area contributed by atoms with Crippen molar-refractivity contribution in [3.05, 3.63) is 50.7 Å². The number of hydrogen-bond donors (Lipinski definition) is 1. The van der Waals surface area contributed by atoms with E-state index in [1.165, 1.54) is 47.4 Å². The average molecular weight is 306 g/mol. The van der Waals surface area contributed by atoms with Crippen LogP contribution in [-0.4, -0.2) is 0 Å². The maximum Gasteiger partial charge on any atom is 0.0934 e. The molecule has 0 spiro atoms. The minimum atomic E-state index is 0.426. The number of unbranched alkanes of at least 4 members (excludes halogenated alkanes) is 1. The third kappa shape index (κ3) is 3.02. The Morgan fingerprint density at radius 3 is 2.85 bits per heavy atom. The van der Waals surface area contributed by atoms with Crippen LogP contribution in [0.4, 0.5) is 5.69 Å². The fourth-order valence-electron chi connectivity index (χ4n) is 2.83. The number of benzene rings is 1. The molecule has 1 heterocycles. The van der Waals surface area contributed by atoms with Gasteiger partial charge in [-0.2, -0.15) is 0 Å². The molecule has 3 rings (SSSR count). The Labute approximate surface area is 130 Å². The van der Waals surface area contributed by atoms with Gasteiger partial charge in [0, 0.05) is 10.6 Å². The SMILES string of the molecule is CCCCc1ccc(NC2CCc3sc(Cl)cc32)cc1. The molecule has 0 amide bonds. The minimum absolute atomic E-state index is 0.426. The quantitative estimate of drug-likeness (QED) is 0.731. The van der Waals surface area contributed by atoms with Gasteiger partial charge >= 0.3 is 0 Å². The van der Waals surface area contributed by atoms with E-state index in [9.17, 15) is 0 Å². The summed E-state index contributed by atoms with van der Waals surface area (Å²) in [4.78, 5) is 1.45. The highest BCUT2D eigenvalue weighted by Gasteiger charge is 2.24. The van der Waals surface area contributed by atoms with Gasteiger partial charge in [-0.15, -0.1) is 11.3 Å². The molecule has 0 aliphatic heterocycles. The second-order valence-electron chi connectivity index (χ2n) is 5.47. The standard InChI is InChI=1S/C17H20ClNS/c1-2-3-4-12-5-7-13(8-6-12)19-15-9-10-16-14(15)11-17(18)20-16/h5-8,11,15,19H,2-4,9-10H2,1H3. The number of hydrogen-bond acceptors (Lipinski definition) is 2. The normalized spacial score (nSPS) is 17.2. The summed E-state index contributed by atoms with van der Waals surface area (Å²) in [7, 11) is 0. The summed E-state index contributed by atoms with van der Waals surface area (Å²) in [6.45, 7) is 2.24. The second-order valence-corrected chi connectivity index (χ2v) is 7.23. The van der Waals surface area contributed by atoms with Gasteiger partial charge in [-0.25, -0.2) is 0 Å². The van der Waals surface area contributed by atoms with Crippen LogP contribution in [0.25, 0.3) is 0 Å². The monoisotopic (exact) mass is 305 g/mol. The van der Waals surface area contributed by atoms with Crippen molar-refractivity contribution in [2.24, 2.45) is 0 Å². The maximum atomic E-state index is 6.11. The molecule has 1 N–H and O–H groups in total. The molecule has 2 aromatic rings. The summed E-state index contributed by atoms with van der Waals surface area (Å²) in [6, 6.07) is 11.5. The van der Waals surface area contributed by atoms with Crippen molar-refractivity contribution in [3.63, 3.8) is 0 Å². The Morgan fingerprint density at radius 2 is 2.10 bits per heavy atom. The summed E-state index contributed by atoms with van der Waals surface area (Å²) < 4.78 is 0.913. The first kappa shape index (κ1) is 14.0. The summed E-state index contributed by atoms with van der Waals surface area (Å²) in [5.74, 6) is 0. The highest BCUT2D eigenvalue weighted by molar-refractivity contribution is 7.16. The molecule has 0 saturated heterocycles. The van der Waals surface area contributed by atoms with Crippen LogP contribution in [0.5, 0.6) is 0 Å². The fraction of sp³-hybridized carbons (Fsp3) is 0.412. The summed E-state index contributed by atoms with van der Waals surface area (Å²) in [6.07, 6.45) is 6.04. The van der Waals surface area contributed by atoms with E-state index in [1.807, 2.05) is 0 Å². The van der Waals surface area contributed by atoms with Gasteiger partial charge in [0.05, 0.1) is 10.4 Å². The Kier molecular flexibility index (Phi) is 4.32. The van der Waals surface area contributed by atoms with Crippen LogP contribution in [0.1, 0.15) is 48.2 Å². The molecule has 0 radical (unpaired) electrons. The third-order valence-corrected chi connectivity index (χ3v) is 5.30. The molecular formula is C17H20ClNS. The predicted octanol–water partition coefficient (Wildman–Crippen LogP) is 5.84. The van der Waals surface area contributed by atoms with Crippen molar-refractivity contribution in [3.8, 4) is 0 Å². The first-order valence-corrected chi connectivity index (χ1v) is 8.59. The minimum Gasteiger partial charge on any atom is -0.378 e. The van der Waals surface area contributed by atoms with Gasteiger partial charge in [0.2, 0.25) is 0 Å². The van der Waals surface area contributed by atoms with Crippen molar-refractivity contribution in [2.75, 3.05) is 5.32 Å². The molecule has 1 aromatic heterocycles. The van der Waals surface area contributed by atoms with E-state index >= 15 is 0 Å². The molecule has 1 aliphatic rings. The highest BCUT2D eigenvalue weighted by atomic mass is 35.5. The van der Waals surface area contributed by atoms with Crippen molar-refractivity contribution < 1.29 is 0 Å². The van der Waals surface area contributed by atoms with Crippen LogP contribution in [0.3, 0.4) is 0 Å². The van der Waals surface area contributed by atoms with Crippen LogP contribution < -0.4 is 5.32 Å². The van der Waals surface area contributed by atoms with Crippen molar-refractivity contribution >= 4 is 28.6 Å². The number of nitrogens with one attached hydrogen (secondary N) is 1. The molecular weight excluding hydrogens is 286 g/mol. The van der Waals surface area contributed by atoms with Gasteiger partial charge in [-0.1, -0.05) is 37.1 Å². The molecule has 20 heavy (non-hydrogen) atoms. The number of fused-ring (bicyclic) bond motifs is 1. The molecule has 1 aliphatic carbocycles. The topological polar surface area (TPSA) is 12.0 Å². The molecule has 1 nitrogen and oxygen atoms in total. The van der Waals surface area contributed by atoms with Gasteiger partial charge in [-0.3, -0.25) is 0 Å². The van der Waals surface area contributed by atoms with Crippen LogP contribution in [0.15, 0.2) is 30.3 Å². The van der Waals surface area contributed by atoms with E-state index in [0.29, 0.717) is 6.04 Å². The van der Waals surface area contributed by atoms with E-state index in [0.717, 1.165) is 10.8 Å². The summed E-state index contributed by atoms with van der Waals surface area (Å²) >= 11 is 7.83. The number of anilines is 1. The van der Waals surface area contributed by atoms with E-state index < -0.39 is 0 Å². The zero-order chi connectivity index (χ0) is 13.9. The van der Waals surface area contributed by atoms with E-state index in [-0.39, 0.29) is 0 Å². The average Bonchev–Trinajstić information content (AvgIpc) is 2.99.